The lowest BCUT2D eigenvalue weighted by molar-refractivity contribution is -0.897. The highest BCUT2D eigenvalue weighted by atomic mass is 32.2. The van der Waals surface area contributed by atoms with Gasteiger partial charge in [0, 0.05) is 5.75 Å². The van der Waals surface area contributed by atoms with Crippen molar-refractivity contribution in [3.63, 3.8) is 0 Å². The number of carbonyl (C=O) groups is 1. The molecule has 0 aliphatic carbocycles. The quantitative estimate of drug-likeness (QED) is 0.323. The van der Waals surface area contributed by atoms with Gasteiger partial charge in [-0.1, -0.05) is 36.0 Å². The highest BCUT2D eigenvalue weighted by molar-refractivity contribution is 7.98. The van der Waals surface area contributed by atoms with Gasteiger partial charge in [0.15, 0.2) is 5.16 Å². The molecule has 0 radical (unpaired) electrons. The predicted molar refractivity (Wildman–Crippen MR) is 120 cm³/mol. The van der Waals surface area contributed by atoms with Crippen LogP contribution in [0.15, 0.2) is 58.5 Å². The first kappa shape index (κ1) is 22.1. The monoisotopic (exact) mass is 426 g/mol. The number of methoxy groups -OCH3 is 1. The number of para-hydroxylation sites is 1. The fourth-order valence-corrected chi connectivity index (χ4v) is 4.31. The fraction of sp³-hybridized carbons (Fsp3) is 0.348. The Hall–Kier alpha value is -2.64. The van der Waals surface area contributed by atoms with E-state index in [0.717, 1.165) is 35.9 Å². The van der Waals surface area contributed by atoms with Crippen LogP contribution in [0.3, 0.4) is 0 Å². The summed E-state index contributed by atoms with van der Waals surface area (Å²) in [7, 11) is 1.37. The number of nitrogens with zero attached hydrogens (tertiary/aromatic N) is 2. The number of ether oxygens (including phenoxy) is 1. The summed E-state index contributed by atoms with van der Waals surface area (Å²) in [5.74, 6) is 0.308. The van der Waals surface area contributed by atoms with Crippen LogP contribution in [0.5, 0.6) is 0 Å². The second-order valence-corrected chi connectivity index (χ2v) is 8.00. The molecule has 0 fully saturated rings. The van der Waals surface area contributed by atoms with Gasteiger partial charge in [0.25, 0.3) is 5.56 Å². The molecule has 0 saturated heterocycles. The van der Waals surface area contributed by atoms with Crippen LogP contribution in [0, 0.1) is 0 Å². The van der Waals surface area contributed by atoms with Crippen LogP contribution >= 0.6 is 11.8 Å². The third-order valence-electron chi connectivity index (χ3n) is 5.26. The summed E-state index contributed by atoms with van der Waals surface area (Å²) in [5, 5.41) is 1.38. The van der Waals surface area contributed by atoms with Gasteiger partial charge in [0.1, 0.15) is 0 Å². The van der Waals surface area contributed by atoms with Crippen molar-refractivity contribution in [1.29, 1.82) is 0 Å². The van der Waals surface area contributed by atoms with E-state index in [0.29, 0.717) is 23.2 Å². The normalized spacial score (nSPS) is 11.2. The van der Waals surface area contributed by atoms with E-state index in [1.54, 1.807) is 28.5 Å². The number of hydrogen-bond donors (Lipinski definition) is 1. The first-order valence-corrected chi connectivity index (χ1v) is 11.2. The zero-order valence-corrected chi connectivity index (χ0v) is 18.5. The van der Waals surface area contributed by atoms with Crippen LogP contribution in [0.25, 0.3) is 10.9 Å². The van der Waals surface area contributed by atoms with Crippen LogP contribution in [-0.2, 0) is 17.0 Å². The minimum absolute atomic E-state index is 0.00990. The number of nitrogens with one attached hydrogen (secondary N) is 1. The SMILES string of the molecule is CC[NH+](CC)CCn1c(SCc2ccc(C(=O)OC)cc2)nc2ccccc2c1=O. The highest BCUT2D eigenvalue weighted by Crippen LogP contribution is 2.22. The first-order chi connectivity index (χ1) is 14.6. The van der Waals surface area contributed by atoms with E-state index in [1.807, 2.05) is 36.4 Å². The van der Waals surface area contributed by atoms with Crippen LogP contribution in [0.2, 0.25) is 0 Å². The molecule has 1 N–H and O–H groups in total. The Labute approximate surface area is 180 Å². The zero-order chi connectivity index (χ0) is 21.5. The number of thioether (sulfide) groups is 1. The van der Waals surface area contributed by atoms with Gasteiger partial charge in [-0.15, -0.1) is 0 Å². The standard InChI is InChI=1S/C23H27N3O3S/c1-4-25(5-2)14-15-26-21(27)19-8-6-7-9-20(19)24-23(26)30-16-17-10-12-18(13-11-17)22(28)29-3/h6-13H,4-5,14-16H2,1-3H3/p+1. The summed E-state index contributed by atoms with van der Waals surface area (Å²) in [4.78, 5) is 31.0. The van der Waals surface area contributed by atoms with Crippen LogP contribution in [0.1, 0.15) is 29.8 Å². The van der Waals surface area contributed by atoms with Crippen molar-refractivity contribution in [3.05, 3.63) is 70.0 Å². The Morgan fingerprint density at radius 3 is 2.47 bits per heavy atom. The topological polar surface area (TPSA) is 65.6 Å². The summed E-state index contributed by atoms with van der Waals surface area (Å²) < 4.78 is 6.55. The summed E-state index contributed by atoms with van der Waals surface area (Å²) in [6.07, 6.45) is 0. The molecule has 30 heavy (non-hydrogen) atoms. The lowest BCUT2D eigenvalue weighted by atomic mass is 10.1. The van der Waals surface area contributed by atoms with E-state index in [2.05, 4.69) is 13.8 Å². The summed E-state index contributed by atoms with van der Waals surface area (Å²) in [6.45, 7) is 7.90. The number of likely N-dealkylation sites (N-methyl/N-ethyl adjacent to an activating group) is 1. The molecular weight excluding hydrogens is 398 g/mol. The first-order valence-electron chi connectivity index (χ1n) is 10.2. The van der Waals surface area contributed by atoms with Gasteiger partial charge in [-0.2, -0.15) is 0 Å². The summed E-state index contributed by atoms with van der Waals surface area (Å²) in [5.41, 5.74) is 2.30. The van der Waals surface area contributed by atoms with Gasteiger partial charge in [-0.25, -0.2) is 9.78 Å². The largest absolute Gasteiger partial charge is 0.465 e. The average Bonchev–Trinajstić information content (AvgIpc) is 2.79. The maximum atomic E-state index is 13.2. The smallest absolute Gasteiger partial charge is 0.337 e. The van der Waals surface area contributed by atoms with Crippen molar-refractivity contribution >= 4 is 28.6 Å². The molecular formula is C23H28N3O3S+. The molecule has 1 aromatic heterocycles. The minimum atomic E-state index is -0.349. The average molecular weight is 427 g/mol. The third kappa shape index (κ3) is 5.09. The molecule has 0 aliphatic rings. The number of fused-ring (bicyclic) bond motifs is 1. The number of carbonyl (C=O) groups excluding carboxylic acids is 1. The molecule has 0 bridgehead atoms. The van der Waals surface area contributed by atoms with Crippen molar-refractivity contribution in [2.24, 2.45) is 0 Å². The molecule has 2 aromatic carbocycles. The predicted octanol–water partition coefficient (Wildman–Crippen LogP) is 2.40. The van der Waals surface area contributed by atoms with E-state index in [1.165, 1.54) is 12.0 Å². The Morgan fingerprint density at radius 2 is 1.80 bits per heavy atom. The number of esters is 1. The number of hydrogen-bond acceptors (Lipinski definition) is 5. The van der Waals surface area contributed by atoms with E-state index in [4.69, 9.17) is 9.72 Å². The minimum Gasteiger partial charge on any atom is -0.465 e. The Morgan fingerprint density at radius 1 is 1.10 bits per heavy atom. The van der Waals surface area contributed by atoms with Crippen molar-refractivity contribution in [3.8, 4) is 0 Å². The number of aromatic nitrogens is 2. The van der Waals surface area contributed by atoms with Crippen molar-refractivity contribution < 1.29 is 14.4 Å². The second-order valence-electron chi connectivity index (χ2n) is 7.05. The fourth-order valence-electron chi connectivity index (χ4n) is 3.33. The Bertz CT molecular complexity index is 1060. The van der Waals surface area contributed by atoms with Gasteiger partial charge in [-0.3, -0.25) is 9.36 Å². The molecule has 3 rings (SSSR count). The van der Waals surface area contributed by atoms with Crippen LogP contribution in [-0.4, -0.2) is 42.3 Å². The van der Waals surface area contributed by atoms with E-state index < -0.39 is 0 Å². The molecule has 158 valence electrons. The van der Waals surface area contributed by atoms with Crippen molar-refractivity contribution in [2.45, 2.75) is 31.3 Å². The van der Waals surface area contributed by atoms with Crippen molar-refractivity contribution in [2.75, 3.05) is 26.7 Å². The lowest BCUT2D eigenvalue weighted by Crippen LogP contribution is -3.11. The molecule has 0 amide bonds. The molecule has 1 heterocycles. The third-order valence-corrected chi connectivity index (χ3v) is 6.31. The molecule has 0 unspecified atom stereocenters. The number of quaternary nitrogens is 1. The highest BCUT2D eigenvalue weighted by Gasteiger charge is 2.14. The maximum Gasteiger partial charge on any atom is 0.337 e. The molecule has 0 saturated carbocycles. The lowest BCUT2D eigenvalue weighted by Gasteiger charge is -2.18. The van der Waals surface area contributed by atoms with E-state index in [9.17, 15) is 9.59 Å². The molecule has 6 nitrogen and oxygen atoms in total. The zero-order valence-electron chi connectivity index (χ0n) is 17.7. The Balaban J connectivity index is 1.86. The van der Waals surface area contributed by atoms with E-state index >= 15 is 0 Å². The molecule has 0 spiro atoms. The maximum absolute atomic E-state index is 13.2. The summed E-state index contributed by atoms with van der Waals surface area (Å²) >= 11 is 1.54. The van der Waals surface area contributed by atoms with E-state index in [-0.39, 0.29) is 11.5 Å². The second kappa shape index (κ2) is 10.4. The Kier molecular flexibility index (Phi) is 7.65. The summed E-state index contributed by atoms with van der Waals surface area (Å²) in [6, 6.07) is 14.8. The van der Waals surface area contributed by atoms with Crippen LogP contribution in [0.4, 0.5) is 0 Å². The van der Waals surface area contributed by atoms with Crippen molar-refractivity contribution in [1.82, 2.24) is 9.55 Å². The number of rotatable bonds is 9. The van der Waals surface area contributed by atoms with Gasteiger partial charge in [0.05, 0.1) is 49.8 Å². The van der Waals surface area contributed by atoms with Crippen LogP contribution < -0.4 is 10.5 Å². The van der Waals surface area contributed by atoms with Gasteiger partial charge in [-0.05, 0) is 43.7 Å². The molecule has 7 heteroatoms. The van der Waals surface area contributed by atoms with Gasteiger partial charge >= 0.3 is 5.97 Å². The molecule has 0 aliphatic heterocycles. The van der Waals surface area contributed by atoms with Gasteiger partial charge < -0.3 is 9.64 Å². The molecule has 3 aromatic rings. The number of benzene rings is 2. The van der Waals surface area contributed by atoms with Gasteiger partial charge in [0.2, 0.25) is 0 Å². The molecule has 0 atom stereocenters.